The molecule has 0 radical (unpaired) electrons. The molecule has 28 heavy (non-hydrogen) atoms. The number of benzene rings is 2. The van der Waals surface area contributed by atoms with Crippen molar-refractivity contribution in [3.8, 4) is 11.5 Å². The van der Waals surface area contributed by atoms with E-state index in [2.05, 4.69) is 0 Å². The number of rotatable bonds is 6. The lowest BCUT2D eigenvalue weighted by Crippen LogP contribution is -2.37. The molecule has 0 spiro atoms. The second-order valence-electron chi connectivity index (χ2n) is 5.86. The summed E-state index contributed by atoms with van der Waals surface area (Å²) in [7, 11) is 0. The largest absolute Gasteiger partial charge is 0.504 e. The van der Waals surface area contributed by atoms with Crippen LogP contribution in [-0.4, -0.2) is 37.9 Å². The summed E-state index contributed by atoms with van der Waals surface area (Å²) in [5.41, 5.74) is 1.10. The van der Waals surface area contributed by atoms with Crippen molar-refractivity contribution in [1.29, 1.82) is 0 Å². The molecule has 1 amide bonds. The number of carboxylic acids is 1. The maximum atomic E-state index is 12.9. The van der Waals surface area contributed by atoms with Crippen molar-refractivity contribution < 1.29 is 24.5 Å². The van der Waals surface area contributed by atoms with E-state index >= 15 is 0 Å². The first-order valence-corrected chi connectivity index (χ1v) is 9.65. The summed E-state index contributed by atoms with van der Waals surface area (Å²) in [6, 6.07) is 12.0. The number of aromatic hydroxyl groups is 1. The summed E-state index contributed by atoms with van der Waals surface area (Å²) in [5.74, 6) is -1.33. The third-order valence-corrected chi connectivity index (χ3v) is 5.34. The predicted octanol–water partition coefficient (Wildman–Crippen LogP) is 3.82. The molecule has 0 unspecified atom stereocenters. The number of carbonyl (C=O) groups excluding carboxylic acids is 1. The van der Waals surface area contributed by atoms with Gasteiger partial charge in [0.15, 0.2) is 17.5 Å². The molecule has 0 bridgehead atoms. The van der Waals surface area contributed by atoms with Gasteiger partial charge >= 0.3 is 5.97 Å². The average Bonchev–Trinajstić information content (AvgIpc) is 2.93. The number of thioether (sulfide) groups is 1. The van der Waals surface area contributed by atoms with E-state index in [0.717, 1.165) is 16.7 Å². The molecule has 0 aliphatic carbocycles. The maximum Gasteiger partial charge on any atom is 0.331 e. The lowest BCUT2D eigenvalue weighted by molar-refractivity contribution is -0.145. The number of aliphatic carboxylic acids is 1. The first kappa shape index (κ1) is 19.9. The van der Waals surface area contributed by atoms with E-state index in [9.17, 15) is 19.8 Å². The molecular weight excluding hydrogens is 398 g/mol. The number of nitrogens with zero attached hydrogens (tertiary/aromatic N) is 1. The zero-order chi connectivity index (χ0) is 20.3. The zero-order valence-electron chi connectivity index (χ0n) is 14.9. The number of amides is 1. The van der Waals surface area contributed by atoms with Crippen LogP contribution < -0.4 is 4.74 Å². The third kappa shape index (κ3) is 4.02. The fourth-order valence-corrected chi connectivity index (χ4v) is 4.10. The van der Waals surface area contributed by atoms with E-state index in [-0.39, 0.29) is 10.1 Å². The predicted molar refractivity (Wildman–Crippen MR) is 111 cm³/mol. The lowest BCUT2D eigenvalue weighted by atomic mass is 10.1. The Balaban J connectivity index is 1.94. The van der Waals surface area contributed by atoms with Crippen LogP contribution in [0.2, 0.25) is 0 Å². The van der Waals surface area contributed by atoms with Crippen molar-refractivity contribution in [3.63, 3.8) is 0 Å². The number of hydrogen-bond donors (Lipinski definition) is 2. The normalized spacial score (nSPS) is 16.5. The molecule has 1 aliphatic heterocycles. The van der Waals surface area contributed by atoms with Crippen molar-refractivity contribution in [1.82, 2.24) is 4.90 Å². The van der Waals surface area contributed by atoms with Crippen LogP contribution in [0.3, 0.4) is 0 Å². The van der Waals surface area contributed by atoms with E-state index < -0.39 is 17.9 Å². The van der Waals surface area contributed by atoms with Gasteiger partial charge in [0.05, 0.1) is 11.5 Å². The summed E-state index contributed by atoms with van der Waals surface area (Å²) in [6.45, 7) is 2.18. The Morgan fingerprint density at radius 2 is 2.00 bits per heavy atom. The lowest BCUT2D eigenvalue weighted by Gasteiger charge is -2.23. The number of ether oxygens (including phenoxy) is 1. The van der Waals surface area contributed by atoms with Gasteiger partial charge in [-0.05, 0) is 36.3 Å². The summed E-state index contributed by atoms with van der Waals surface area (Å²) >= 11 is 6.34. The van der Waals surface area contributed by atoms with Crippen LogP contribution in [0, 0.1) is 0 Å². The van der Waals surface area contributed by atoms with E-state index in [4.69, 9.17) is 17.0 Å². The Labute approximate surface area is 171 Å². The molecule has 2 N–H and O–H groups in total. The molecule has 1 fully saturated rings. The second-order valence-corrected chi connectivity index (χ2v) is 7.54. The molecule has 3 rings (SSSR count). The number of phenolic OH excluding ortho intramolecular Hbond substituents is 1. The van der Waals surface area contributed by atoms with Gasteiger partial charge in [-0.3, -0.25) is 9.69 Å². The highest BCUT2D eigenvalue weighted by atomic mass is 32.2. The molecule has 0 saturated carbocycles. The number of carbonyl (C=O) groups is 2. The van der Waals surface area contributed by atoms with Gasteiger partial charge < -0.3 is 14.9 Å². The average molecular weight is 415 g/mol. The number of carboxylic acid groups (broad SMARTS) is 1. The van der Waals surface area contributed by atoms with Crippen molar-refractivity contribution in [2.45, 2.75) is 13.0 Å². The Morgan fingerprint density at radius 1 is 1.29 bits per heavy atom. The SMILES string of the molecule is CCOc1cc(/C=C2\SC(=S)N([C@H](C(=O)O)c3ccccc3)C2=O)ccc1O. The van der Waals surface area contributed by atoms with Gasteiger partial charge in [-0.25, -0.2) is 4.79 Å². The van der Waals surface area contributed by atoms with E-state index in [1.165, 1.54) is 6.07 Å². The van der Waals surface area contributed by atoms with Crippen molar-refractivity contribution in [2.24, 2.45) is 0 Å². The van der Waals surface area contributed by atoms with Crippen molar-refractivity contribution in [2.75, 3.05) is 6.61 Å². The first-order valence-electron chi connectivity index (χ1n) is 8.43. The molecule has 6 nitrogen and oxygen atoms in total. The molecule has 2 aromatic rings. The summed E-state index contributed by atoms with van der Waals surface area (Å²) in [4.78, 5) is 26.2. The Kier molecular flexibility index (Phi) is 6.01. The highest BCUT2D eigenvalue weighted by Gasteiger charge is 2.41. The fraction of sp³-hybridized carbons (Fsp3) is 0.150. The van der Waals surface area contributed by atoms with Gasteiger partial charge in [-0.15, -0.1) is 0 Å². The van der Waals surface area contributed by atoms with Crippen LogP contribution in [0.1, 0.15) is 24.1 Å². The summed E-state index contributed by atoms with van der Waals surface area (Å²) < 4.78 is 5.53. The van der Waals surface area contributed by atoms with Crippen molar-refractivity contribution in [3.05, 3.63) is 64.6 Å². The van der Waals surface area contributed by atoms with Gasteiger partial charge in [0, 0.05) is 0 Å². The molecule has 1 aliphatic rings. The minimum atomic E-state index is -1.20. The topological polar surface area (TPSA) is 87.1 Å². The summed E-state index contributed by atoms with van der Waals surface area (Å²) in [6.07, 6.45) is 1.60. The Hall–Kier alpha value is -2.84. The summed E-state index contributed by atoms with van der Waals surface area (Å²) in [5, 5.41) is 19.5. The van der Waals surface area contributed by atoms with Crippen LogP contribution in [0.15, 0.2) is 53.4 Å². The molecule has 1 heterocycles. The third-order valence-electron chi connectivity index (χ3n) is 4.01. The van der Waals surface area contributed by atoms with Crippen LogP contribution in [0.25, 0.3) is 6.08 Å². The molecular formula is C20H17NO5S2. The standard InChI is InChI=1S/C20H17NO5S2/c1-2-26-15-10-12(8-9-14(15)22)11-16-18(23)21(20(27)28-16)17(19(24)25)13-6-4-3-5-7-13/h3-11,17,22H,2H2,1H3,(H,24,25)/b16-11-/t17-/m0/s1. The minimum absolute atomic E-state index is 0.00145. The molecule has 1 saturated heterocycles. The smallest absolute Gasteiger partial charge is 0.331 e. The van der Waals surface area contributed by atoms with Crippen LogP contribution in [-0.2, 0) is 9.59 Å². The maximum absolute atomic E-state index is 12.9. The van der Waals surface area contributed by atoms with Crippen LogP contribution >= 0.6 is 24.0 Å². The number of thiocarbonyl (C=S) groups is 1. The first-order chi connectivity index (χ1) is 13.4. The molecule has 2 aromatic carbocycles. The number of hydrogen-bond acceptors (Lipinski definition) is 6. The minimum Gasteiger partial charge on any atom is -0.504 e. The highest BCUT2D eigenvalue weighted by Crippen LogP contribution is 2.39. The highest BCUT2D eigenvalue weighted by molar-refractivity contribution is 8.26. The second kappa shape index (κ2) is 8.45. The molecule has 1 atom stereocenters. The zero-order valence-corrected chi connectivity index (χ0v) is 16.5. The Bertz CT molecular complexity index is 958. The number of phenols is 1. The Morgan fingerprint density at radius 3 is 2.64 bits per heavy atom. The molecule has 144 valence electrons. The van der Waals surface area contributed by atoms with E-state index in [0.29, 0.717) is 28.4 Å². The van der Waals surface area contributed by atoms with Gasteiger partial charge in [-0.1, -0.05) is 60.4 Å². The van der Waals surface area contributed by atoms with Crippen LogP contribution in [0.4, 0.5) is 0 Å². The van der Waals surface area contributed by atoms with E-state index in [1.54, 1.807) is 55.5 Å². The quantitative estimate of drug-likeness (QED) is 0.548. The molecule has 0 aromatic heterocycles. The van der Waals surface area contributed by atoms with Crippen LogP contribution in [0.5, 0.6) is 11.5 Å². The monoisotopic (exact) mass is 415 g/mol. The van der Waals surface area contributed by atoms with Gasteiger partial charge in [0.2, 0.25) is 0 Å². The van der Waals surface area contributed by atoms with Gasteiger partial charge in [0.1, 0.15) is 4.32 Å². The van der Waals surface area contributed by atoms with E-state index in [1.807, 2.05) is 0 Å². The van der Waals surface area contributed by atoms with Gasteiger partial charge in [-0.2, -0.15) is 0 Å². The van der Waals surface area contributed by atoms with Gasteiger partial charge in [0.25, 0.3) is 5.91 Å². The van der Waals surface area contributed by atoms with Crippen molar-refractivity contribution >= 4 is 46.3 Å². The molecule has 8 heteroatoms. The fourth-order valence-electron chi connectivity index (χ4n) is 2.78.